The number of methoxy groups -OCH3 is 2. The van der Waals surface area contributed by atoms with E-state index in [9.17, 15) is 0 Å². The molecule has 2 aromatic rings. The van der Waals surface area contributed by atoms with Gasteiger partial charge in [0.05, 0.1) is 14.2 Å². The normalized spacial score (nSPS) is 10.6. The van der Waals surface area contributed by atoms with Gasteiger partial charge in [0.25, 0.3) is 0 Å². The van der Waals surface area contributed by atoms with Gasteiger partial charge in [0.1, 0.15) is 11.5 Å². The van der Waals surface area contributed by atoms with Gasteiger partial charge in [-0.2, -0.15) is 0 Å². The number of guanidine groups is 1. The maximum absolute atomic E-state index is 6.16. The fourth-order valence-electron chi connectivity index (χ4n) is 2.22. The number of rotatable bonds is 6. The largest absolute Gasteiger partial charge is 0.497 e. The molecule has 0 aromatic heterocycles. The third kappa shape index (κ3) is 6.28. The van der Waals surface area contributed by atoms with Crippen molar-refractivity contribution < 1.29 is 9.47 Å². The molecule has 136 valence electrons. The summed E-state index contributed by atoms with van der Waals surface area (Å²) in [5.41, 5.74) is 2.03. The Balaban J connectivity index is 0.00000312. The zero-order chi connectivity index (χ0) is 17.4. The van der Waals surface area contributed by atoms with Gasteiger partial charge in [0, 0.05) is 36.8 Å². The molecule has 2 rings (SSSR count). The molecule has 5 nitrogen and oxygen atoms in total. The summed E-state index contributed by atoms with van der Waals surface area (Å²) in [6.45, 7) is 1.18. The quantitative estimate of drug-likeness (QED) is 0.379. The van der Waals surface area contributed by atoms with Crippen molar-refractivity contribution >= 4 is 41.5 Å². The van der Waals surface area contributed by atoms with Crippen LogP contribution < -0.4 is 20.1 Å². The van der Waals surface area contributed by atoms with Crippen LogP contribution in [0.4, 0.5) is 0 Å². The summed E-state index contributed by atoms with van der Waals surface area (Å²) in [4.78, 5) is 4.22. The van der Waals surface area contributed by atoms with Gasteiger partial charge in [-0.05, 0) is 23.8 Å². The smallest absolute Gasteiger partial charge is 0.191 e. The van der Waals surface area contributed by atoms with E-state index in [0.717, 1.165) is 27.6 Å². The standard InChI is InChI=1S/C18H22ClN3O2.HI/c1-20-18(21-11-13-6-4-5-7-16(13)19)22-12-14-8-9-15(23-2)10-17(14)24-3;/h4-10H,11-12H2,1-3H3,(H2,20,21,22);1H. The Bertz CT molecular complexity index is 710. The second-order valence-electron chi connectivity index (χ2n) is 5.05. The third-order valence-corrected chi connectivity index (χ3v) is 3.94. The fraction of sp³-hybridized carbons (Fsp3) is 0.278. The number of ether oxygens (including phenoxy) is 2. The van der Waals surface area contributed by atoms with Gasteiger partial charge in [0.15, 0.2) is 5.96 Å². The van der Waals surface area contributed by atoms with Gasteiger partial charge in [-0.15, -0.1) is 24.0 Å². The molecule has 7 heteroatoms. The van der Waals surface area contributed by atoms with E-state index >= 15 is 0 Å². The SMILES string of the molecule is CN=C(NCc1ccccc1Cl)NCc1ccc(OC)cc1OC.I. The Morgan fingerprint density at radius 1 is 1.00 bits per heavy atom. The summed E-state index contributed by atoms with van der Waals surface area (Å²) in [5, 5.41) is 7.24. The molecule has 25 heavy (non-hydrogen) atoms. The molecule has 0 radical (unpaired) electrons. The Labute approximate surface area is 170 Å². The van der Waals surface area contributed by atoms with Crippen LogP contribution in [0.2, 0.25) is 5.02 Å². The molecular formula is C18H23ClIN3O2. The van der Waals surface area contributed by atoms with Crippen molar-refractivity contribution in [3.05, 3.63) is 58.6 Å². The minimum atomic E-state index is 0. The molecule has 0 spiro atoms. The predicted molar refractivity (Wildman–Crippen MR) is 113 cm³/mol. The van der Waals surface area contributed by atoms with Crippen molar-refractivity contribution in [2.24, 2.45) is 4.99 Å². The predicted octanol–water partition coefficient (Wildman–Crippen LogP) is 3.84. The van der Waals surface area contributed by atoms with E-state index in [1.807, 2.05) is 42.5 Å². The van der Waals surface area contributed by atoms with Crippen LogP contribution in [-0.2, 0) is 13.1 Å². The van der Waals surface area contributed by atoms with E-state index in [2.05, 4.69) is 15.6 Å². The number of nitrogens with one attached hydrogen (secondary N) is 2. The molecule has 2 aromatic carbocycles. The Morgan fingerprint density at radius 2 is 1.68 bits per heavy atom. The lowest BCUT2D eigenvalue weighted by Crippen LogP contribution is -2.36. The average molecular weight is 476 g/mol. The van der Waals surface area contributed by atoms with Crippen molar-refractivity contribution in [2.75, 3.05) is 21.3 Å². The van der Waals surface area contributed by atoms with E-state index in [0.29, 0.717) is 19.0 Å². The second-order valence-corrected chi connectivity index (χ2v) is 5.46. The summed E-state index contributed by atoms with van der Waals surface area (Å²) >= 11 is 6.16. The molecule has 0 aliphatic rings. The summed E-state index contributed by atoms with van der Waals surface area (Å²) in [7, 11) is 5.00. The van der Waals surface area contributed by atoms with Crippen LogP contribution in [0.3, 0.4) is 0 Å². The van der Waals surface area contributed by atoms with Crippen molar-refractivity contribution in [3.8, 4) is 11.5 Å². The first-order chi connectivity index (χ1) is 11.7. The Kier molecular flexibility index (Phi) is 9.44. The lowest BCUT2D eigenvalue weighted by Gasteiger charge is -2.15. The van der Waals surface area contributed by atoms with Gasteiger partial charge in [-0.3, -0.25) is 4.99 Å². The summed E-state index contributed by atoms with van der Waals surface area (Å²) in [6, 6.07) is 13.4. The summed E-state index contributed by atoms with van der Waals surface area (Å²) in [6.07, 6.45) is 0. The molecule has 0 aliphatic carbocycles. The number of hydrogen-bond donors (Lipinski definition) is 2. The fourth-order valence-corrected chi connectivity index (χ4v) is 2.42. The second kappa shape index (κ2) is 11.0. The summed E-state index contributed by atoms with van der Waals surface area (Å²) < 4.78 is 10.6. The molecule has 0 fully saturated rings. The average Bonchev–Trinajstić information content (AvgIpc) is 2.63. The van der Waals surface area contributed by atoms with E-state index in [1.54, 1.807) is 21.3 Å². The van der Waals surface area contributed by atoms with Gasteiger partial charge >= 0.3 is 0 Å². The van der Waals surface area contributed by atoms with Crippen LogP contribution in [0, 0.1) is 0 Å². The van der Waals surface area contributed by atoms with E-state index < -0.39 is 0 Å². The molecule has 0 saturated heterocycles. The van der Waals surface area contributed by atoms with Crippen molar-refractivity contribution in [1.82, 2.24) is 10.6 Å². The van der Waals surface area contributed by atoms with Crippen LogP contribution in [0.1, 0.15) is 11.1 Å². The van der Waals surface area contributed by atoms with E-state index in [-0.39, 0.29) is 24.0 Å². The zero-order valence-corrected chi connectivity index (χ0v) is 17.6. The van der Waals surface area contributed by atoms with Crippen LogP contribution in [0.15, 0.2) is 47.5 Å². The number of benzene rings is 2. The van der Waals surface area contributed by atoms with Crippen LogP contribution >= 0.6 is 35.6 Å². The maximum atomic E-state index is 6.16. The van der Waals surface area contributed by atoms with Crippen molar-refractivity contribution in [2.45, 2.75) is 13.1 Å². The topological polar surface area (TPSA) is 54.9 Å². The molecule has 0 atom stereocenters. The Hall–Kier alpha value is -1.67. The highest BCUT2D eigenvalue weighted by atomic mass is 127. The Morgan fingerprint density at radius 3 is 2.28 bits per heavy atom. The van der Waals surface area contributed by atoms with Gasteiger partial charge in [-0.25, -0.2) is 0 Å². The maximum Gasteiger partial charge on any atom is 0.191 e. The highest BCUT2D eigenvalue weighted by Crippen LogP contribution is 2.24. The van der Waals surface area contributed by atoms with Gasteiger partial charge < -0.3 is 20.1 Å². The van der Waals surface area contributed by atoms with Crippen molar-refractivity contribution in [1.29, 1.82) is 0 Å². The van der Waals surface area contributed by atoms with E-state index in [4.69, 9.17) is 21.1 Å². The minimum Gasteiger partial charge on any atom is -0.497 e. The summed E-state index contributed by atoms with van der Waals surface area (Å²) in [5.74, 6) is 2.22. The number of halogens is 2. The molecule has 0 saturated carbocycles. The number of hydrogen-bond acceptors (Lipinski definition) is 3. The van der Waals surface area contributed by atoms with E-state index in [1.165, 1.54) is 0 Å². The molecule has 0 bridgehead atoms. The molecule has 0 aliphatic heterocycles. The molecule has 0 unspecified atom stereocenters. The highest BCUT2D eigenvalue weighted by Gasteiger charge is 2.07. The zero-order valence-electron chi connectivity index (χ0n) is 14.5. The molecule has 0 heterocycles. The lowest BCUT2D eigenvalue weighted by molar-refractivity contribution is 0.390. The minimum absolute atomic E-state index is 0. The first-order valence-corrected chi connectivity index (χ1v) is 7.94. The first-order valence-electron chi connectivity index (χ1n) is 7.56. The van der Waals surface area contributed by atoms with Gasteiger partial charge in [-0.1, -0.05) is 29.8 Å². The monoisotopic (exact) mass is 475 g/mol. The molecule has 0 amide bonds. The van der Waals surface area contributed by atoms with Crippen LogP contribution in [-0.4, -0.2) is 27.2 Å². The third-order valence-electron chi connectivity index (χ3n) is 3.57. The highest BCUT2D eigenvalue weighted by molar-refractivity contribution is 14.0. The molecular weight excluding hydrogens is 453 g/mol. The van der Waals surface area contributed by atoms with Crippen LogP contribution in [0.25, 0.3) is 0 Å². The van der Waals surface area contributed by atoms with Crippen LogP contribution in [0.5, 0.6) is 11.5 Å². The number of aliphatic imine (C=N–C) groups is 1. The number of nitrogens with zero attached hydrogens (tertiary/aromatic N) is 1. The first kappa shape index (κ1) is 21.4. The molecule has 2 N–H and O–H groups in total. The van der Waals surface area contributed by atoms with Crippen molar-refractivity contribution in [3.63, 3.8) is 0 Å². The van der Waals surface area contributed by atoms with Gasteiger partial charge in [0.2, 0.25) is 0 Å². The lowest BCUT2D eigenvalue weighted by atomic mass is 10.2.